The van der Waals surface area contributed by atoms with Gasteiger partial charge >= 0.3 is 0 Å². The lowest BCUT2D eigenvalue weighted by Crippen LogP contribution is -2.50. The van der Waals surface area contributed by atoms with Gasteiger partial charge in [-0.1, -0.05) is 18.2 Å². The summed E-state index contributed by atoms with van der Waals surface area (Å²) >= 11 is 0. The van der Waals surface area contributed by atoms with Crippen LogP contribution in [0.1, 0.15) is 42.4 Å². The predicted molar refractivity (Wildman–Crippen MR) is 104 cm³/mol. The Morgan fingerprint density at radius 3 is 2.73 bits per heavy atom. The van der Waals surface area contributed by atoms with Crippen molar-refractivity contribution in [1.29, 1.82) is 0 Å². The summed E-state index contributed by atoms with van der Waals surface area (Å²) in [6, 6.07) is 10.8. The van der Waals surface area contributed by atoms with Crippen LogP contribution in [0.15, 0.2) is 42.7 Å². The maximum absolute atomic E-state index is 6.50. The molecule has 26 heavy (non-hydrogen) atoms. The molecule has 1 aromatic heterocycles. The summed E-state index contributed by atoms with van der Waals surface area (Å²) in [5.41, 5.74) is 4.48. The highest BCUT2D eigenvalue weighted by atomic mass is 16.5. The lowest BCUT2D eigenvalue weighted by atomic mass is 9.83. The first-order chi connectivity index (χ1) is 12.8. The molecule has 3 heteroatoms. The molecule has 0 saturated carbocycles. The van der Waals surface area contributed by atoms with Gasteiger partial charge in [0.1, 0.15) is 11.4 Å². The zero-order chi connectivity index (χ0) is 17.4. The van der Waals surface area contributed by atoms with E-state index in [0.29, 0.717) is 0 Å². The van der Waals surface area contributed by atoms with Crippen LogP contribution in [-0.2, 0) is 19.3 Å². The van der Waals surface area contributed by atoms with Crippen molar-refractivity contribution in [3.8, 4) is 5.75 Å². The van der Waals surface area contributed by atoms with Crippen LogP contribution < -0.4 is 4.74 Å². The number of ether oxygens (including phenoxy) is 1. The Morgan fingerprint density at radius 2 is 1.85 bits per heavy atom. The number of pyridine rings is 1. The van der Waals surface area contributed by atoms with Crippen LogP contribution in [-0.4, -0.2) is 35.1 Å². The van der Waals surface area contributed by atoms with Gasteiger partial charge in [-0.15, -0.1) is 0 Å². The Balaban J connectivity index is 1.13. The number of hydrogen-bond acceptors (Lipinski definition) is 3. The van der Waals surface area contributed by atoms with Gasteiger partial charge in [0.05, 0.1) is 0 Å². The fourth-order valence-corrected chi connectivity index (χ4v) is 5.10. The minimum absolute atomic E-state index is 0.0973. The number of likely N-dealkylation sites (tertiary alicyclic amines) is 1. The summed E-state index contributed by atoms with van der Waals surface area (Å²) in [6.45, 7) is 3.60. The average Bonchev–Trinajstić information content (AvgIpc) is 3.11. The van der Waals surface area contributed by atoms with E-state index in [0.717, 1.165) is 11.7 Å². The fraction of sp³-hybridized carbons (Fsp3) is 0.522. The molecule has 3 aliphatic rings. The molecule has 5 rings (SSSR count). The van der Waals surface area contributed by atoms with Gasteiger partial charge < -0.3 is 9.64 Å². The lowest BCUT2D eigenvalue weighted by Gasteiger charge is -2.44. The molecule has 1 saturated heterocycles. The first kappa shape index (κ1) is 16.3. The highest BCUT2D eigenvalue weighted by Gasteiger charge is 2.39. The minimum Gasteiger partial charge on any atom is -0.487 e. The van der Waals surface area contributed by atoms with E-state index in [2.05, 4.69) is 46.4 Å². The number of aromatic nitrogens is 1. The number of nitrogens with zero attached hydrogens (tertiary/aromatic N) is 2. The molecule has 0 radical (unpaired) electrons. The van der Waals surface area contributed by atoms with Crippen molar-refractivity contribution in [1.82, 2.24) is 9.88 Å². The number of hydrogen-bond donors (Lipinski definition) is 0. The van der Waals surface area contributed by atoms with Gasteiger partial charge in [0, 0.05) is 25.5 Å². The number of fused-ring (bicyclic) bond motifs is 2. The standard InChI is InChI=1S/C23H28N2O/c1-2-4-22-19(3-1)5-8-23(26-22)9-13-25(14-10-23)12-7-18-15-20-6-11-24-17-21(20)16-18/h1-4,6,11,17-18H,5,7-10,12-16H2. The number of rotatable bonds is 3. The molecule has 3 nitrogen and oxygen atoms in total. The smallest absolute Gasteiger partial charge is 0.123 e. The average molecular weight is 348 g/mol. The zero-order valence-electron chi connectivity index (χ0n) is 15.5. The van der Waals surface area contributed by atoms with Crippen molar-refractivity contribution in [2.75, 3.05) is 19.6 Å². The van der Waals surface area contributed by atoms with Crippen LogP contribution in [0.3, 0.4) is 0 Å². The highest BCUT2D eigenvalue weighted by Crippen LogP contribution is 2.39. The van der Waals surface area contributed by atoms with Crippen LogP contribution in [0.4, 0.5) is 0 Å². The first-order valence-corrected chi connectivity index (χ1v) is 10.2. The monoisotopic (exact) mass is 348 g/mol. The molecular formula is C23H28N2O. The van der Waals surface area contributed by atoms with E-state index >= 15 is 0 Å². The van der Waals surface area contributed by atoms with Gasteiger partial charge in [-0.05, 0) is 86.2 Å². The SMILES string of the molecule is c1ccc2c(c1)CCC1(CCN(CCC3Cc4ccncc4C3)CC1)O2. The molecule has 3 heterocycles. The normalized spacial score (nSPS) is 24.1. The summed E-state index contributed by atoms with van der Waals surface area (Å²) in [5.74, 6) is 1.94. The van der Waals surface area contributed by atoms with Crippen LogP contribution in [0.2, 0.25) is 0 Å². The van der Waals surface area contributed by atoms with Gasteiger partial charge in [0.2, 0.25) is 0 Å². The van der Waals surface area contributed by atoms with Crippen LogP contribution >= 0.6 is 0 Å². The topological polar surface area (TPSA) is 25.4 Å². The molecule has 1 aromatic carbocycles. The number of aryl methyl sites for hydroxylation is 1. The van der Waals surface area contributed by atoms with Crippen molar-refractivity contribution in [2.45, 2.75) is 50.5 Å². The van der Waals surface area contributed by atoms with Crippen molar-refractivity contribution in [2.24, 2.45) is 5.92 Å². The molecule has 1 spiro atoms. The van der Waals surface area contributed by atoms with E-state index in [1.807, 2.05) is 6.20 Å². The third kappa shape index (κ3) is 3.14. The van der Waals surface area contributed by atoms with E-state index in [9.17, 15) is 0 Å². The molecule has 2 aromatic rings. The maximum atomic E-state index is 6.50. The second-order valence-corrected chi connectivity index (χ2v) is 8.44. The molecule has 1 atom stereocenters. The Hall–Kier alpha value is -1.87. The van der Waals surface area contributed by atoms with E-state index in [1.165, 1.54) is 81.3 Å². The summed E-state index contributed by atoms with van der Waals surface area (Å²) in [4.78, 5) is 6.94. The van der Waals surface area contributed by atoms with Crippen LogP contribution in [0, 0.1) is 5.92 Å². The number of benzene rings is 1. The summed E-state index contributed by atoms with van der Waals surface area (Å²) in [7, 11) is 0. The minimum atomic E-state index is 0.0973. The zero-order valence-corrected chi connectivity index (χ0v) is 15.5. The second-order valence-electron chi connectivity index (χ2n) is 8.44. The molecule has 1 aliphatic carbocycles. The maximum Gasteiger partial charge on any atom is 0.123 e. The molecule has 2 aliphatic heterocycles. The third-order valence-corrected chi connectivity index (χ3v) is 6.79. The Bertz CT molecular complexity index is 754. The first-order valence-electron chi connectivity index (χ1n) is 10.2. The lowest BCUT2D eigenvalue weighted by molar-refractivity contribution is -0.0153. The van der Waals surface area contributed by atoms with E-state index in [4.69, 9.17) is 4.74 Å². The molecule has 0 bridgehead atoms. The summed E-state index contributed by atoms with van der Waals surface area (Å²) in [6.07, 6.45) is 12.5. The van der Waals surface area contributed by atoms with Crippen molar-refractivity contribution >= 4 is 0 Å². The van der Waals surface area contributed by atoms with Crippen molar-refractivity contribution < 1.29 is 4.74 Å². The largest absolute Gasteiger partial charge is 0.487 e. The molecule has 1 fully saturated rings. The third-order valence-electron chi connectivity index (χ3n) is 6.79. The summed E-state index contributed by atoms with van der Waals surface area (Å²) in [5, 5.41) is 0. The fourth-order valence-electron chi connectivity index (χ4n) is 5.10. The summed E-state index contributed by atoms with van der Waals surface area (Å²) < 4.78 is 6.50. The van der Waals surface area contributed by atoms with Crippen molar-refractivity contribution in [3.05, 3.63) is 59.4 Å². The predicted octanol–water partition coefficient (Wildman–Crippen LogP) is 4.05. The molecule has 0 N–H and O–H groups in total. The quantitative estimate of drug-likeness (QED) is 0.837. The van der Waals surface area contributed by atoms with E-state index < -0.39 is 0 Å². The number of para-hydroxylation sites is 1. The number of piperidine rings is 1. The second kappa shape index (κ2) is 6.70. The van der Waals surface area contributed by atoms with Crippen LogP contribution in [0.25, 0.3) is 0 Å². The molecule has 136 valence electrons. The molecular weight excluding hydrogens is 320 g/mol. The Morgan fingerprint density at radius 1 is 1.00 bits per heavy atom. The van der Waals surface area contributed by atoms with Gasteiger partial charge in [0.25, 0.3) is 0 Å². The van der Waals surface area contributed by atoms with Gasteiger partial charge in [0.15, 0.2) is 0 Å². The van der Waals surface area contributed by atoms with Gasteiger partial charge in [-0.3, -0.25) is 4.98 Å². The van der Waals surface area contributed by atoms with Gasteiger partial charge in [-0.25, -0.2) is 0 Å². The van der Waals surface area contributed by atoms with Crippen molar-refractivity contribution in [3.63, 3.8) is 0 Å². The van der Waals surface area contributed by atoms with Gasteiger partial charge in [-0.2, -0.15) is 0 Å². The Labute approximate surface area is 156 Å². The van der Waals surface area contributed by atoms with Crippen LogP contribution in [0.5, 0.6) is 5.75 Å². The van der Waals surface area contributed by atoms with E-state index in [1.54, 1.807) is 0 Å². The Kier molecular flexibility index (Phi) is 4.20. The molecule has 1 unspecified atom stereocenters. The molecule has 0 amide bonds. The highest BCUT2D eigenvalue weighted by molar-refractivity contribution is 5.36. The van der Waals surface area contributed by atoms with E-state index in [-0.39, 0.29) is 5.60 Å².